The molecule has 12 nitrogen and oxygen atoms in total. The number of hydrogen-bond donors (Lipinski definition) is 1. The van der Waals surface area contributed by atoms with Crippen LogP contribution in [0.25, 0.3) is 22.8 Å². The van der Waals surface area contributed by atoms with E-state index in [0.717, 1.165) is 16.8 Å². The van der Waals surface area contributed by atoms with Crippen LogP contribution in [-0.2, 0) is 22.5 Å². The molecule has 1 amide bonds. The minimum Gasteiger partial charge on any atom is -0.467 e. The molecule has 5 rings (SSSR count). The minimum atomic E-state index is -4.78. The Morgan fingerprint density at radius 3 is 2.36 bits per heavy atom. The van der Waals surface area contributed by atoms with Gasteiger partial charge in [0, 0.05) is 25.5 Å². The van der Waals surface area contributed by atoms with E-state index in [2.05, 4.69) is 44.0 Å². The number of carbonyl (C=O) groups excluding carboxylic acids is 1. The van der Waals surface area contributed by atoms with Crippen LogP contribution in [0.4, 0.5) is 13.2 Å². The summed E-state index contributed by atoms with van der Waals surface area (Å²) in [7, 11) is 1.42. The minimum absolute atomic E-state index is 0.0200. The van der Waals surface area contributed by atoms with Gasteiger partial charge in [0.1, 0.15) is 18.2 Å². The number of methoxy groups -OCH3 is 1. The fourth-order valence-electron chi connectivity index (χ4n) is 5.07. The van der Waals surface area contributed by atoms with Crippen molar-refractivity contribution in [1.82, 2.24) is 28.6 Å². The first kappa shape index (κ1) is 35.8. The van der Waals surface area contributed by atoms with Gasteiger partial charge in [-0.3, -0.25) is 4.79 Å². The van der Waals surface area contributed by atoms with Crippen molar-refractivity contribution in [3.8, 4) is 28.5 Å². The van der Waals surface area contributed by atoms with Gasteiger partial charge in [-0.1, -0.05) is 56.3 Å². The van der Waals surface area contributed by atoms with Gasteiger partial charge in [0.15, 0.2) is 5.82 Å². The smallest absolute Gasteiger partial charge is 0.467 e. The predicted octanol–water partition coefficient (Wildman–Crippen LogP) is 5.60. The lowest BCUT2D eigenvalue weighted by atomic mass is 10.0. The van der Waals surface area contributed by atoms with Crippen LogP contribution in [-0.4, -0.2) is 54.9 Å². The van der Waals surface area contributed by atoms with Gasteiger partial charge in [-0.25, -0.2) is 28.0 Å². The first-order chi connectivity index (χ1) is 23.8. The zero-order chi connectivity index (χ0) is 36.0. The number of hydrogen-bond acceptors (Lipinski definition) is 8. The summed E-state index contributed by atoms with van der Waals surface area (Å²) in [6, 6.07) is 20.2. The summed E-state index contributed by atoms with van der Waals surface area (Å²) in [6.45, 7) is 7.83. The molecule has 0 radical (unpaired) electrons. The standard InChI is InChI=1S/C34H35F3N8O4S/c1-6-44-33(47)45(28-10-8-7-9-27(28)21(2)3)32(50-44)41-31(48-5)40-29(39-22(4)46)19-23-11-13-24(14-12-23)30-38-20-43(42-30)25-15-17-26(18-16-25)49-34(35,36)37/h7-18,20-21,29H,6,19H2,1-5H3,(H,39,46)/b40-31-,41-32-. The Balaban J connectivity index is 1.39. The lowest BCUT2D eigenvalue weighted by Crippen LogP contribution is -2.34. The number of halogens is 3. The molecule has 50 heavy (non-hydrogen) atoms. The predicted molar refractivity (Wildman–Crippen MR) is 182 cm³/mol. The average molecular weight is 709 g/mol. The number of nitrogens with zero attached hydrogens (tertiary/aromatic N) is 7. The summed E-state index contributed by atoms with van der Waals surface area (Å²) in [5.74, 6) is -0.0918. The number of para-hydroxylation sites is 1. The molecule has 262 valence electrons. The van der Waals surface area contributed by atoms with Crippen molar-refractivity contribution in [2.24, 2.45) is 9.98 Å². The first-order valence-electron chi connectivity index (χ1n) is 15.6. The number of amidine groups is 1. The van der Waals surface area contributed by atoms with E-state index in [-0.39, 0.29) is 29.3 Å². The Morgan fingerprint density at radius 1 is 1.04 bits per heavy atom. The van der Waals surface area contributed by atoms with Crippen molar-refractivity contribution in [2.45, 2.75) is 59.1 Å². The summed E-state index contributed by atoms with van der Waals surface area (Å²) < 4.78 is 51.5. The van der Waals surface area contributed by atoms with Gasteiger partial charge in [-0.05, 0) is 65.8 Å². The van der Waals surface area contributed by atoms with Crippen LogP contribution in [0.2, 0.25) is 0 Å². The molecular weight excluding hydrogens is 673 g/mol. The third-order valence-corrected chi connectivity index (χ3v) is 8.42. The Labute approximate surface area is 289 Å². The molecule has 0 fully saturated rings. The maximum absolute atomic E-state index is 13.4. The van der Waals surface area contributed by atoms with E-state index >= 15 is 0 Å². The van der Waals surface area contributed by atoms with Crippen molar-refractivity contribution in [3.05, 3.63) is 106 Å². The van der Waals surface area contributed by atoms with Gasteiger partial charge in [0.05, 0.1) is 18.5 Å². The van der Waals surface area contributed by atoms with Gasteiger partial charge in [0.25, 0.3) is 0 Å². The van der Waals surface area contributed by atoms with E-state index in [9.17, 15) is 22.8 Å². The maximum Gasteiger partial charge on any atom is 0.573 e. The second-order valence-corrected chi connectivity index (χ2v) is 12.3. The second-order valence-electron chi connectivity index (χ2n) is 11.3. The molecule has 3 aromatic carbocycles. The molecule has 2 heterocycles. The fraction of sp³-hybridized carbons (Fsp3) is 0.294. The number of benzene rings is 3. The van der Waals surface area contributed by atoms with Gasteiger partial charge in [-0.2, -0.15) is 4.99 Å². The molecule has 1 N–H and O–H groups in total. The highest BCUT2D eigenvalue weighted by Crippen LogP contribution is 2.25. The van der Waals surface area contributed by atoms with E-state index in [1.54, 1.807) is 8.52 Å². The fourth-order valence-corrected chi connectivity index (χ4v) is 5.93. The molecule has 0 aliphatic heterocycles. The average Bonchev–Trinajstić information content (AvgIpc) is 3.68. The van der Waals surface area contributed by atoms with Crippen LogP contribution in [0, 0.1) is 0 Å². The number of alkyl halides is 3. The molecule has 0 bridgehead atoms. The number of carbonyl (C=O) groups is 1. The Hall–Kier alpha value is -5.51. The highest BCUT2D eigenvalue weighted by molar-refractivity contribution is 7.03. The van der Waals surface area contributed by atoms with E-state index in [1.165, 1.54) is 60.8 Å². The van der Waals surface area contributed by atoms with Crippen LogP contribution in [0.1, 0.15) is 44.7 Å². The number of aliphatic imine (C=N–C) groups is 1. The molecule has 0 aliphatic rings. The lowest BCUT2D eigenvalue weighted by molar-refractivity contribution is -0.274. The molecule has 5 aromatic rings. The Morgan fingerprint density at radius 2 is 1.74 bits per heavy atom. The Bertz CT molecular complexity index is 2100. The summed E-state index contributed by atoms with van der Waals surface area (Å²) >= 11 is 1.18. The van der Waals surface area contributed by atoms with Crippen molar-refractivity contribution >= 4 is 23.5 Å². The first-order valence-corrected chi connectivity index (χ1v) is 16.4. The molecule has 2 aromatic heterocycles. The quantitative estimate of drug-likeness (QED) is 0.149. The molecule has 16 heteroatoms. The van der Waals surface area contributed by atoms with E-state index in [4.69, 9.17) is 4.74 Å². The number of amides is 1. The van der Waals surface area contributed by atoms with Gasteiger partial charge >= 0.3 is 18.1 Å². The highest BCUT2D eigenvalue weighted by atomic mass is 32.1. The van der Waals surface area contributed by atoms with Crippen molar-refractivity contribution < 1.29 is 27.4 Å². The molecule has 0 saturated heterocycles. The number of ether oxygens (including phenoxy) is 2. The van der Waals surface area contributed by atoms with Gasteiger partial charge in [0.2, 0.25) is 10.7 Å². The zero-order valence-corrected chi connectivity index (χ0v) is 28.7. The zero-order valence-electron chi connectivity index (χ0n) is 27.9. The molecular formula is C34H35F3N8O4S. The summed E-state index contributed by atoms with van der Waals surface area (Å²) in [5.41, 5.74) is 3.49. The van der Waals surface area contributed by atoms with Crippen LogP contribution in [0.3, 0.4) is 0 Å². The second kappa shape index (κ2) is 15.4. The molecule has 0 spiro atoms. The number of aromatic nitrogens is 5. The van der Waals surface area contributed by atoms with E-state index in [1.807, 2.05) is 55.5 Å². The summed E-state index contributed by atoms with van der Waals surface area (Å²) in [4.78, 5) is 39.5. The van der Waals surface area contributed by atoms with Gasteiger partial charge in [-0.15, -0.1) is 18.3 Å². The normalized spacial score (nSPS) is 13.1. The summed E-state index contributed by atoms with van der Waals surface area (Å²) in [6.07, 6.45) is -3.78. The number of nitrogens with one attached hydrogen (secondary N) is 1. The van der Waals surface area contributed by atoms with Crippen LogP contribution < -0.4 is 20.5 Å². The number of rotatable bonds is 10. The lowest BCUT2D eigenvalue weighted by Gasteiger charge is -2.15. The highest BCUT2D eigenvalue weighted by Gasteiger charge is 2.31. The summed E-state index contributed by atoms with van der Waals surface area (Å²) in [5, 5.41) is 7.27. The third-order valence-electron chi connectivity index (χ3n) is 7.35. The third kappa shape index (κ3) is 8.74. The van der Waals surface area contributed by atoms with Crippen LogP contribution in [0.15, 0.2) is 93.9 Å². The van der Waals surface area contributed by atoms with E-state index in [0.29, 0.717) is 34.8 Å². The van der Waals surface area contributed by atoms with Crippen LogP contribution >= 0.6 is 11.5 Å². The van der Waals surface area contributed by atoms with Crippen LogP contribution in [0.5, 0.6) is 5.75 Å². The monoisotopic (exact) mass is 708 g/mol. The topological polar surface area (TPSA) is 130 Å². The largest absolute Gasteiger partial charge is 0.573 e. The molecule has 0 saturated carbocycles. The molecule has 0 aliphatic carbocycles. The maximum atomic E-state index is 13.4. The number of aryl methyl sites for hydroxylation is 1. The van der Waals surface area contributed by atoms with Gasteiger partial charge < -0.3 is 14.8 Å². The Kier molecular flexibility index (Phi) is 11.0. The SMILES string of the molecule is CCn1s/c(=N\C(=N\C(Cc2ccc(-c3ncn(-c4ccc(OC(F)(F)F)cc4)n3)cc2)NC(C)=O)OC)n(-c2ccccc2C(C)C)c1=O. The van der Waals surface area contributed by atoms with Crippen molar-refractivity contribution in [1.29, 1.82) is 0 Å². The van der Waals surface area contributed by atoms with E-state index < -0.39 is 12.5 Å². The van der Waals surface area contributed by atoms with Crippen molar-refractivity contribution in [3.63, 3.8) is 0 Å². The molecule has 1 atom stereocenters. The molecule has 1 unspecified atom stereocenters. The van der Waals surface area contributed by atoms with Crippen molar-refractivity contribution in [2.75, 3.05) is 7.11 Å².